The number of carbonyl (C=O) groups is 2. The molecule has 13 rings (SSSR count). The lowest BCUT2D eigenvalue weighted by Crippen LogP contribution is -2.80. The number of aliphatic carboxylic acids is 1. The molecule has 1 amide bonds. The summed E-state index contributed by atoms with van der Waals surface area (Å²) in [6.07, 6.45) is 2.69. The molecule has 3 spiro atoms. The lowest BCUT2D eigenvalue weighted by molar-refractivity contribution is -0.366. The number of imidazole rings is 2. The highest BCUT2D eigenvalue weighted by molar-refractivity contribution is 5.87. The number of rotatable bonds is 16. The maximum atomic E-state index is 16.0. The molecule has 8 aliphatic carbocycles. The number of aliphatic hydroxyl groups excluding tert-OH is 8. The van der Waals surface area contributed by atoms with Crippen LogP contribution in [0.3, 0.4) is 0 Å². The highest BCUT2D eigenvalue weighted by Gasteiger charge is 2.84. The van der Waals surface area contributed by atoms with E-state index >= 15 is 4.79 Å². The first-order valence-corrected chi connectivity index (χ1v) is 32.8. The molecule has 2 saturated heterocycles. The van der Waals surface area contributed by atoms with Gasteiger partial charge in [0.15, 0.2) is 6.29 Å². The Hall–Kier alpha value is -4.06. The van der Waals surface area contributed by atoms with Crippen molar-refractivity contribution in [1.29, 1.82) is 0 Å². The fourth-order valence-corrected chi connectivity index (χ4v) is 23.3. The van der Waals surface area contributed by atoms with E-state index in [9.17, 15) is 50.8 Å². The number of nitrogens with two attached hydrogens (primary N) is 1. The van der Waals surface area contributed by atoms with Crippen molar-refractivity contribution in [3.63, 3.8) is 0 Å². The van der Waals surface area contributed by atoms with Gasteiger partial charge in [-0.15, -0.1) is 0 Å². The quantitative estimate of drug-likeness (QED) is 0.0374. The molecule has 17 N–H and O–H groups in total. The molecule has 22 nitrogen and oxygen atoms in total. The zero-order valence-corrected chi connectivity index (χ0v) is 51.3. The number of aromatic nitrogens is 4. The predicted octanol–water partition coefficient (Wildman–Crippen LogP) is 1.71. The molecule has 5 heterocycles. The number of nitrogens with one attached hydrogen (secondary N) is 6. The number of hydrogen-bond acceptors (Lipinski definition) is 18. The molecule has 0 radical (unpaired) electrons. The van der Waals surface area contributed by atoms with E-state index < -0.39 is 158 Å². The van der Waals surface area contributed by atoms with Crippen LogP contribution in [0.2, 0.25) is 0 Å². The van der Waals surface area contributed by atoms with E-state index in [0.29, 0.717) is 89.5 Å². The molecule has 2 bridgehead atoms. The maximum Gasteiger partial charge on any atom is 0.310 e. The summed E-state index contributed by atoms with van der Waals surface area (Å²) in [7, 11) is 0. The van der Waals surface area contributed by atoms with Crippen molar-refractivity contribution < 1.29 is 65.0 Å². The number of aliphatic hydroxyl groups is 8. The van der Waals surface area contributed by atoms with Gasteiger partial charge in [-0.05, 0) is 134 Å². The van der Waals surface area contributed by atoms with Gasteiger partial charge in [0.1, 0.15) is 30.4 Å². The van der Waals surface area contributed by atoms with Crippen LogP contribution in [0.1, 0.15) is 129 Å². The Kier molecular flexibility index (Phi) is 15.7. The number of carboxylic acids is 1. The first kappa shape index (κ1) is 61.8. The fourth-order valence-electron chi connectivity index (χ4n) is 23.3. The van der Waals surface area contributed by atoms with Gasteiger partial charge in [0, 0.05) is 85.2 Å². The van der Waals surface area contributed by atoms with Crippen LogP contribution < -0.4 is 27.0 Å². The van der Waals surface area contributed by atoms with Crippen LogP contribution in [0.15, 0.2) is 30.5 Å². The number of fused-ring (bicyclic) bond motifs is 5. The smallest absolute Gasteiger partial charge is 0.310 e. The van der Waals surface area contributed by atoms with Crippen LogP contribution in [0, 0.1) is 108 Å². The van der Waals surface area contributed by atoms with E-state index in [1.807, 2.05) is 13.8 Å². The Labute approximate surface area is 509 Å². The largest absolute Gasteiger partial charge is 0.481 e. The van der Waals surface area contributed by atoms with Crippen LogP contribution in [-0.4, -0.2) is 185 Å². The van der Waals surface area contributed by atoms with Gasteiger partial charge < -0.3 is 92.4 Å². The van der Waals surface area contributed by atoms with E-state index in [1.54, 1.807) is 12.5 Å². The van der Waals surface area contributed by atoms with Crippen molar-refractivity contribution in [2.45, 2.75) is 179 Å². The summed E-state index contributed by atoms with van der Waals surface area (Å²) >= 11 is 0. The molecule has 0 aromatic carbocycles. The number of nitrogens with zero attached hydrogens (tertiary/aromatic N) is 2. The second kappa shape index (κ2) is 22.1. The standard InChI is InChI=1S/C65H97N9O13/c1-6-67-19-20-68-25-35(53(66)82)48(78)46(43-27-69-31-71-43)47-38-22-39-49(79)52(87-55-51(81)50(80)44(77)28-86-55)59(3,30-76)45-12-16-60(4)64-14-8-15-65(60,61(39,45)5)34(11-10-33-9-7-13-62(33,38)56(83)74-47)21-36(64)40-24-58(2,29-75)17-18-63(40,57(84)85)41-26-70-54-42(23-37(41)64)72-32-73-54/h21,27,31-35,37-41,44-53,55,67-68,70,75-82H,6-9,12-20,22-26,28-30,66H2,1-5H3,(H,69,71)(H,72,73)(H,74,83)(H,84,85). The number of amides is 1. The lowest BCUT2D eigenvalue weighted by Gasteiger charge is -2.83. The second-order valence-corrected chi connectivity index (χ2v) is 30.1. The normalized spacial score (nSPS) is 48.0. The second-order valence-electron chi connectivity index (χ2n) is 30.1. The fraction of sp³-hybridized carbons (Fsp3) is 0.815. The van der Waals surface area contributed by atoms with Crippen LogP contribution in [0.5, 0.6) is 0 Å². The van der Waals surface area contributed by atoms with Crippen molar-refractivity contribution in [3.8, 4) is 11.8 Å². The number of hydrogen-bond donors (Lipinski definition) is 16. The van der Waals surface area contributed by atoms with Crippen molar-refractivity contribution in [2.24, 2.45) is 102 Å². The third kappa shape index (κ3) is 8.32. The van der Waals surface area contributed by atoms with Gasteiger partial charge in [0.05, 0.1) is 60.7 Å². The van der Waals surface area contributed by atoms with Crippen molar-refractivity contribution in [1.82, 2.24) is 35.9 Å². The molecule has 11 aliphatic rings. The molecular formula is C65H97N9O13. The van der Waals surface area contributed by atoms with Gasteiger partial charge >= 0.3 is 5.97 Å². The zero-order chi connectivity index (χ0) is 61.6. The molecule has 3 aliphatic heterocycles. The van der Waals surface area contributed by atoms with Gasteiger partial charge in [-0.1, -0.05) is 71.0 Å². The topological polar surface area (TPSA) is 366 Å². The monoisotopic (exact) mass is 1210 g/mol. The van der Waals surface area contributed by atoms with E-state index in [4.69, 9.17) is 20.2 Å². The minimum atomic E-state index is -1.72. The Bertz CT molecular complexity index is 3010. The molecule has 27 unspecified atom stereocenters. The van der Waals surface area contributed by atoms with Crippen LogP contribution >= 0.6 is 0 Å². The van der Waals surface area contributed by atoms with Crippen molar-refractivity contribution in [3.05, 3.63) is 41.9 Å². The van der Waals surface area contributed by atoms with Crippen molar-refractivity contribution >= 4 is 17.7 Å². The molecule has 8 fully saturated rings. The molecule has 6 saturated carbocycles. The summed E-state index contributed by atoms with van der Waals surface area (Å²) in [4.78, 5) is 46.8. The molecule has 22 heteroatoms. The molecule has 2 aromatic heterocycles. The molecule has 87 heavy (non-hydrogen) atoms. The summed E-state index contributed by atoms with van der Waals surface area (Å²) in [5, 5.41) is 122. The minimum absolute atomic E-state index is 0.0944. The SMILES string of the molecule is CCNCCNCC(C(N)O)C(O)C(c1cnc[nH]1)C1NC(=O)C23CCCC2C#CC2C=C4C5CC(C)(CO)CCC5(C(=O)O)C5CNc6nc[nH]c6CC5C45CCCC24C2(C)C(CC13)C(O)C(OC1OCC(O)C(O)C1O)C(C)(CO)C2CCC54C. The number of carbonyl (C=O) groups excluding carboxylic acids is 1. The number of anilines is 1. The van der Waals surface area contributed by atoms with Gasteiger partial charge in [-0.25, -0.2) is 9.97 Å². The lowest BCUT2D eigenvalue weighted by atomic mass is 9.21. The van der Waals surface area contributed by atoms with Crippen LogP contribution in [0.25, 0.3) is 0 Å². The highest BCUT2D eigenvalue weighted by Crippen LogP contribution is 2.87. The Morgan fingerprint density at radius 3 is 2.43 bits per heavy atom. The maximum absolute atomic E-state index is 16.0. The minimum Gasteiger partial charge on any atom is -0.481 e. The molecular weight excluding hydrogens is 1110 g/mol. The highest BCUT2D eigenvalue weighted by atomic mass is 16.7. The van der Waals surface area contributed by atoms with Crippen LogP contribution in [-0.2, 0) is 25.5 Å². The van der Waals surface area contributed by atoms with Crippen molar-refractivity contribution in [2.75, 3.05) is 57.9 Å². The summed E-state index contributed by atoms with van der Waals surface area (Å²) < 4.78 is 13.0. The first-order chi connectivity index (χ1) is 41.5. The number of aromatic amines is 2. The van der Waals surface area contributed by atoms with Gasteiger partial charge in [-0.3, -0.25) is 9.59 Å². The van der Waals surface area contributed by atoms with Gasteiger partial charge in [-0.2, -0.15) is 0 Å². The van der Waals surface area contributed by atoms with Gasteiger partial charge in [0.25, 0.3) is 0 Å². The van der Waals surface area contributed by atoms with Gasteiger partial charge in [0.2, 0.25) is 5.91 Å². The first-order valence-electron chi connectivity index (χ1n) is 32.8. The molecule has 27 atom stereocenters. The Balaban J connectivity index is 1.06. The Morgan fingerprint density at radius 2 is 1.70 bits per heavy atom. The van der Waals surface area contributed by atoms with E-state index in [1.165, 1.54) is 6.33 Å². The van der Waals surface area contributed by atoms with Crippen LogP contribution in [0.4, 0.5) is 5.82 Å². The van der Waals surface area contributed by atoms with E-state index in [-0.39, 0.29) is 43.9 Å². The third-order valence-electron chi connectivity index (χ3n) is 27.2. The average molecular weight is 1210 g/mol. The Morgan fingerprint density at radius 1 is 0.908 bits per heavy atom. The average Bonchev–Trinajstić information content (AvgIpc) is 0.805. The number of allylic oxidation sites excluding steroid dienone is 2. The molecule has 480 valence electrons. The third-order valence-corrected chi connectivity index (χ3v) is 27.2. The zero-order valence-electron chi connectivity index (χ0n) is 51.3. The number of H-pyrrole nitrogens is 2. The van der Waals surface area contributed by atoms with E-state index in [2.05, 4.69) is 74.9 Å². The van der Waals surface area contributed by atoms with E-state index in [0.717, 1.165) is 36.5 Å². The predicted molar refractivity (Wildman–Crippen MR) is 317 cm³/mol. The summed E-state index contributed by atoms with van der Waals surface area (Å²) in [6, 6.07) is -0.839. The summed E-state index contributed by atoms with van der Waals surface area (Å²) in [6.45, 7) is 12.4. The number of likely N-dealkylation sites (N-methyl/N-ethyl adjacent to an activating group) is 1. The summed E-state index contributed by atoms with van der Waals surface area (Å²) in [5.74, 6) is 1.86. The number of carboxylic acid groups (broad SMARTS) is 1. The summed E-state index contributed by atoms with van der Waals surface area (Å²) in [5.41, 5.74) is 1.64. The molecule has 2 aromatic rings. The number of ether oxygens (including phenoxy) is 2.